The van der Waals surface area contributed by atoms with Crippen molar-refractivity contribution >= 4 is 0 Å². The van der Waals surface area contributed by atoms with E-state index in [1.54, 1.807) is 0 Å². The van der Waals surface area contributed by atoms with Gasteiger partial charge < -0.3 is 0 Å². The van der Waals surface area contributed by atoms with E-state index in [0.717, 1.165) is 12.8 Å². The molecule has 0 amide bonds. The summed E-state index contributed by atoms with van der Waals surface area (Å²) >= 11 is 0. The zero-order valence-corrected chi connectivity index (χ0v) is 9.51. The fourth-order valence-electron chi connectivity index (χ4n) is 1.61. The molecule has 0 heteroatoms. The van der Waals surface area contributed by atoms with Gasteiger partial charge in [0.25, 0.3) is 0 Å². The third-order valence-electron chi connectivity index (χ3n) is 2.87. The van der Waals surface area contributed by atoms with E-state index in [9.17, 15) is 0 Å². The van der Waals surface area contributed by atoms with E-state index in [1.807, 2.05) is 0 Å². The Balaban J connectivity index is 2.80. The topological polar surface area (TPSA) is 0 Å². The van der Waals surface area contributed by atoms with E-state index in [2.05, 4.69) is 51.6 Å². The van der Waals surface area contributed by atoms with Crippen molar-refractivity contribution in [1.82, 2.24) is 0 Å². The van der Waals surface area contributed by atoms with Crippen molar-refractivity contribution in [3.63, 3.8) is 0 Å². The molecular weight excluding hydrogens is 168 g/mol. The van der Waals surface area contributed by atoms with Crippen LogP contribution in [0.1, 0.15) is 31.9 Å². The SMILES string of the molecule is C=C(C)[C@@H](C)Cc1ccccc1CC. The van der Waals surface area contributed by atoms with Crippen LogP contribution in [0, 0.1) is 5.92 Å². The number of hydrogen-bond acceptors (Lipinski definition) is 0. The zero-order valence-electron chi connectivity index (χ0n) is 9.51. The van der Waals surface area contributed by atoms with E-state index in [1.165, 1.54) is 16.7 Å². The highest BCUT2D eigenvalue weighted by molar-refractivity contribution is 5.28. The minimum Gasteiger partial charge on any atom is -0.0999 e. The van der Waals surface area contributed by atoms with Crippen LogP contribution in [0.2, 0.25) is 0 Å². The maximum absolute atomic E-state index is 4.01. The Bertz CT molecular complexity index is 310. The molecule has 0 nitrogen and oxygen atoms in total. The van der Waals surface area contributed by atoms with Crippen molar-refractivity contribution in [3.05, 3.63) is 47.5 Å². The Labute approximate surface area is 87.7 Å². The molecular formula is C14H20. The standard InChI is InChI=1S/C14H20/c1-5-13-8-6-7-9-14(13)10-12(4)11(2)3/h6-9,12H,2,5,10H2,1,3-4H3/t12-/m0/s1. The molecule has 1 atom stereocenters. The van der Waals surface area contributed by atoms with Crippen molar-refractivity contribution in [3.8, 4) is 0 Å². The van der Waals surface area contributed by atoms with Crippen LogP contribution in [-0.2, 0) is 12.8 Å². The molecule has 1 rings (SSSR count). The van der Waals surface area contributed by atoms with Gasteiger partial charge in [0.05, 0.1) is 0 Å². The van der Waals surface area contributed by atoms with Crippen molar-refractivity contribution in [2.75, 3.05) is 0 Å². The lowest BCUT2D eigenvalue weighted by molar-refractivity contribution is 0.675. The molecule has 0 N–H and O–H groups in total. The second-order valence-electron chi connectivity index (χ2n) is 4.07. The molecule has 0 aliphatic carbocycles. The molecule has 1 aromatic carbocycles. The minimum absolute atomic E-state index is 0.586. The molecule has 0 aliphatic heterocycles. The van der Waals surface area contributed by atoms with Crippen molar-refractivity contribution < 1.29 is 0 Å². The summed E-state index contributed by atoms with van der Waals surface area (Å²) in [6.45, 7) is 10.6. The van der Waals surface area contributed by atoms with Crippen LogP contribution in [0.5, 0.6) is 0 Å². The maximum atomic E-state index is 4.01. The summed E-state index contributed by atoms with van der Waals surface area (Å²) in [5.41, 5.74) is 4.22. The monoisotopic (exact) mass is 188 g/mol. The van der Waals surface area contributed by atoms with E-state index in [-0.39, 0.29) is 0 Å². The molecule has 0 radical (unpaired) electrons. The molecule has 14 heavy (non-hydrogen) atoms. The fraction of sp³-hybridized carbons (Fsp3) is 0.429. The van der Waals surface area contributed by atoms with Gasteiger partial charge in [0.15, 0.2) is 0 Å². The Kier molecular flexibility index (Phi) is 3.94. The molecule has 0 aliphatic rings. The predicted molar refractivity (Wildman–Crippen MR) is 63.5 cm³/mol. The summed E-state index contributed by atoms with van der Waals surface area (Å²) in [5.74, 6) is 0.586. The average molecular weight is 188 g/mol. The highest BCUT2D eigenvalue weighted by Crippen LogP contribution is 2.18. The van der Waals surface area contributed by atoms with Gasteiger partial charge in [0.2, 0.25) is 0 Å². The Morgan fingerprint density at radius 1 is 1.29 bits per heavy atom. The van der Waals surface area contributed by atoms with Crippen LogP contribution in [0.3, 0.4) is 0 Å². The molecule has 0 bridgehead atoms. The molecule has 0 spiro atoms. The number of hydrogen-bond donors (Lipinski definition) is 0. The summed E-state index contributed by atoms with van der Waals surface area (Å²) < 4.78 is 0. The van der Waals surface area contributed by atoms with Gasteiger partial charge >= 0.3 is 0 Å². The predicted octanol–water partition coefficient (Wildman–Crippen LogP) is 4.00. The molecule has 0 heterocycles. The second-order valence-corrected chi connectivity index (χ2v) is 4.07. The molecule has 0 fully saturated rings. The van der Waals surface area contributed by atoms with Gasteiger partial charge in [-0.05, 0) is 36.8 Å². The van der Waals surface area contributed by atoms with Crippen molar-refractivity contribution in [2.45, 2.75) is 33.6 Å². The van der Waals surface area contributed by atoms with Crippen LogP contribution < -0.4 is 0 Å². The lowest BCUT2D eigenvalue weighted by Crippen LogP contribution is -2.02. The smallest absolute Gasteiger partial charge is 0.0197 e. The van der Waals surface area contributed by atoms with Gasteiger partial charge in [-0.1, -0.05) is 50.3 Å². The van der Waals surface area contributed by atoms with Crippen molar-refractivity contribution in [1.29, 1.82) is 0 Å². The van der Waals surface area contributed by atoms with Crippen molar-refractivity contribution in [2.24, 2.45) is 5.92 Å². The zero-order chi connectivity index (χ0) is 10.6. The summed E-state index contributed by atoms with van der Waals surface area (Å²) in [7, 11) is 0. The average Bonchev–Trinajstić information content (AvgIpc) is 2.18. The Morgan fingerprint density at radius 2 is 1.86 bits per heavy atom. The summed E-state index contributed by atoms with van der Waals surface area (Å²) in [4.78, 5) is 0. The van der Waals surface area contributed by atoms with Crippen LogP contribution in [0.4, 0.5) is 0 Å². The van der Waals surface area contributed by atoms with E-state index >= 15 is 0 Å². The minimum atomic E-state index is 0.586. The Morgan fingerprint density at radius 3 is 2.36 bits per heavy atom. The molecule has 1 aromatic rings. The summed E-state index contributed by atoms with van der Waals surface area (Å²) in [5, 5.41) is 0. The van der Waals surface area contributed by atoms with E-state index < -0.39 is 0 Å². The third kappa shape index (κ3) is 2.73. The Hall–Kier alpha value is -1.04. The van der Waals surface area contributed by atoms with Crippen LogP contribution >= 0.6 is 0 Å². The fourth-order valence-corrected chi connectivity index (χ4v) is 1.61. The van der Waals surface area contributed by atoms with Gasteiger partial charge in [0.1, 0.15) is 0 Å². The number of rotatable bonds is 4. The first-order valence-corrected chi connectivity index (χ1v) is 5.37. The number of aryl methyl sites for hydroxylation is 1. The molecule has 0 aromatic heterocycles. The van der Waals surface area contributed by atoms with Gasteiger partial charge in [-0.25, -0.2) is 0 Å². The normalized spacial score (nSPS) is 12.5. The quantitative estimate of drug-likeness (QED) is 0.626. The number of allylic oxidation sites excluding steroid dienone is 1. The van der Waals surface area contributed by atoms with Gasteiger partial charge in [-0.2, -0.15) is 0 Å². The van der Waals surface area contributed by atoms with Crippen LogP contribution in [0.15, 0.2) is 36.4 Å². The number of benzene rings is 1. The first-order valence-electron chi connectivity index (χ1n) is 5.37. The third-order valence-corrected chi connectivity index (χ3v) is 2.87. The molecule has 0 unspecified atom stereocenters. The first-order chi connectivity index (χ1) is 6.65. The molecule has 0 saturated heterocycles. The van der Waals surface area contributed by atoms with Crippen LogP contribution in [0.25, 0.3) is 0 Å². The second kappa shape index (κ2) is 4.99. The lowest BCUT2D eigenvalue weighted by atomic mass is 9.92. The summed E-state index contributed by atoms with van der Waals surface area (Å²) in [6.07, 6.45) is 2.25. The van der Waals surface area contributed by atoms with Crippen LogP contribution in [-0.4, -0.2) is 0 Å². The highest BCUT2D eigenvalue weighted by atomic mass is 14.1. The first kappa shape index (κ1) is 11.0. The van der Waals surface area contributed by atoms with Gasteiger partial charge in [-0.15, -0.1) is 0 Å². The van der Waals surface area contributed by atoms with E-state index in [4.69, 9.17) is 0 Å². The molecule has 76 valence electrons. The van der Waals surface area contributed by atoms with Gasteiger partial charge in [0, 0.05) is 0 Å². The van der Waals surface area contributed by atoms with Gasteiger partial charge in [-0.3, -0.25) is 0 Å². The highest BCUT2D eigenvalue weighted by Gasteiger charge is 2.06. The lowest BCUT2D eigenvalue weighted by Gasteiger charge is -2.13. The maximum Gasteiger partial charge on any atom is -0.0197 e. The van der Waals surface area contributed by atoms with E-state index in [0.29, 0.717) is 5.92 Å². The molecule has 0 saturated carbocycles. The largest absolute Gasteiger partial charge is 0.0999 e. The summed E-state index contributed by atoms with van der Waals surface area (Å²) in [6, 6.07) is 8.70.